The molecule has 1 rings (SSSR count). The van der Waals surface area contributed by atoms with Gasteiger partial charge in [-0.1, -0.05) is 13.3 Å². The van der Waals surface area contributed by atoms with Gasteiger partial charge in [0.2, 0.25) is 5.91 Å². The number of piperazine rings is 1. The van der Waals surface area contributed by atoms with E-state index < -0.39 is 17.7 Å². The highest BCUT2D eigenvalue weighted by Gasteiger charge is 2.37. The number of ether oxygens (including phenoxy) is 1. The van der Waals surface area contributed by atoms with Gasteiger partial charge in [0, 0.05) is 12.6 Å². The second kappa shape index (κ2) is 5.59. The van der Waals surface area contributed by atoms with Gasteiger partial charge < -0.3 is 10.1 Å². The summed E-state index contributed by atoms with van der Waals surface area (Å²) in [5.74, 6) is -0.0820. The molecule has 0 aromatic carbocycles. The third-order valence-corrected chi connectivity index (χ3v) is 2.73. The van der Waals surface area contributed by atoms with E-state index in [0.717, 1.165) is 6.42 Å². The molecule has 1 fully saturated rings. The van der Waals surface area contributed by atoms with E-state index in [-0.39, 0.29) is 11.9 Å². The van der Waals surface area contributed by atoms with Gasteiger partial charge in [0.05, 0.1) is 0 Å². The number of nitrogens with zero attached hydrogens (tertiary/aromatic N) is 1. The van der Waals surface area contributed by atoms with Crippen LogP contribution in [0.5, 0.6) is 0 Å². The zero-order chi connectivity index (χ0) is 13.9. The van der Waals surface area contributed by atoms with Gasteiger partial charge in [0.1, 0.15) is 11.6 Å². The Morgan fingerprint density at radius 2 is 2.11 bits per heavy atom. The van der Waals surface area contributed by atoms with Crippen molar-refractivity contribution in [2.24, 2.45) is 0 Å². The summed E-state index contributed by atoms with van der Waals surface area (Å²) >= 11 is 0. The van der Waals surface area contributed by atoms with Crippen molar-refractivity contribution in [1.82, 2.24) is 10.2 Å². The van der Waals surface area contributed by atoms with Crippen molar-refractivity contribution in [3.63, 3.8) is 0 Å². The minimum Gasteiger partial charge on any atom is -0.444 e. The molecule has 18 heavy (non-hydrogen) atoms. The first-order valence-electron chi connectivity index (χ1n) is 6.54. The molecule has 1 heterocycles. The van der Waals surface area contributed by atoms with Gasteiger partial charge in [-0.05, 0) is 34.1 Å². The summed E-state index contributed by atoms with van der Waals surface area (Å²) in [5.41, 5.74) is -0.537. The predicted molar refractivity (Wildman–Crippen MR) is 69.2 cm³/mol. The molecule has 0 spiro atoms. The van der Waals surface area contributed by atoms with Gasteiger partial charge in [-0.15, -0.1) is 0 Å². The lowest BCUT2D eigenvalue weighted by atomic mass is 10.1. The van der Waals surface area contributed by atoms with Crippen LogP contribution in [0.3, 0.4) is 0 Å². The summed E-state index contributed by atoms with van der Waals surface area (Å²) < 4.78 is 5.36. The molecule has 1 aliphatic rings. The Labute approximate surface area is 109 Å². The average molecular weight is 256 g/mol. The van der Waals surface area contributed by atoms with E-state index in [2.05, 4.69) is 5.32 Å². The zero-order valence-electron chi connectivity index (χ0n) is 11.9. The predicted octanol–water partition coefficient (Wildman–Crippen LogP) is 1.91. The monoisotopic (exact) mass is 256 g/mol. The van der Waals surface area contributed by atoms with Crippen LogP contribution in [0.2, 0.25) is 0 Å². The van der Waals surface area contributed by atoms with Crippen molar-refractivity contribution in [1.29, 1.82) is 0 Å². The van der Waals surface area contributed by atoms with Crippen LogP contribution in [-0.4, -0.2) is 41.1 Å². The molecule has 2 amide bonds. The molecule has 5 heteroatoms. The van der Waals surface area contributed by atoms with E-state index in [0.29, 0.717) is 13.0 Å². The SMILES string of the molecule is CCCC1C(=O)NC(C)CN1C(=O)OC(C)(C)C. The van der Waals surface area contributed by atoms with Crippen LogP contribution >= 0.6 is 0 Å². The third-order valence-electron chi connectivity index (χ3n) is 2.73. The Kier molecular flexibility index (Phi) is 4.59. The minimum absolute atomic E-state index is 0.0295. The van der Waals surface area contributed by atoms with Gasteiger partial charge in [-0.25, -0.2) is 4.79 Å². The van der Waals surface area contributed by atoms with Crippen molar-refractivity contribution in [2.45, 2.75) is 65.1 Å². The van der Waals surface area contributed by atoms with Crippen LogP contribution in [0.25, 0.3) is 0 Å². The van der Waals surface area contributed by atoms with Crippen molar-refractivity contribution < 1.29 is 14.3 Å². The highest BCUT2D eigenvalue weighted by molar-refractivity contribution is 5.87. The molecule has 0 aromatic heterocycles. The Balaban J connectivity index is 2.80. The first kappa shape index (κ1) is 14.8. The van der Waals surface area contributed by atoms with E-state index >= 15 is 0 Å². The average Bonchev–Trinajstić information content (AvgIpc) is 2.19. The number of nitrogens with one attached hydrogen (secondary N) is 1. The van der Waals surface area contributed by atoms with Gasteiger partial charge in [0.15, 0.2) is 0 Å². The van der Waals surface area contributed by atoms with E-state index in [1.54, 1.807) is 4.90 Å². The fourth-order valence-corrected chi connectivity index (χ4v) is 2.03. The molecule has 1 aliphatic heterocycles. The quantitative estimate of drug-likeness (QED) is 0.821. The molecule has 0 aliphatic carbocycles. The Hall–Kier alpha value is -1.26. The highest BCUT2D eigenvalue weighted by atomic mass is 16.6. The van der Waals surface area contributed by atoms with Crippen LogP contribution in [0, 0.1) is 0 Å². The van der Waals surface area contributed by atoms with Crippen LogP contribution in [0.15, 0.2) is 0 Å². The van der Waals surface area contributed by atoms with Crippen LogP contribution in [-0.2, 0) is 9.53 Å². The van der Waals surface area contributed by atoms with Gasteiger partial charge in [0.25, 0.3) is 0 Å². The maximum atomic E-state index is 12.1. The fraction of sp³-hybridized carbons (Fsp3) is 0.846. The first-order valence-corrected chi connectivity index (χ1v) is 6.54. The Morgan fingerprint density at radius 1 is 1.50 bits per heavy atom. The number of carbonyl (C=O) groups is 2. The maximum absolute atomic E-state index is 12.1. The van der Waals surface area contributed by atoms with Crippen molar-refractivity contribution in [3.05, 3.63) is 0 Å². The van der Waals surface area contributed by atoms with Crippen LogP contribution < -0.4 is 5.32 Å². The maximum Gasteiger partial charge on any atom is 0.411 e. The molecule has 1 N–H and O–H groups in total. The van der Waals surface area contributed by atoms with Crippen molar-refractivity contribution >= 4 is 12.0 Å². The van der Waals surface area contributed by atoms with Gasteiger partial charge >= 0.3 is 6.09 Å². The normalized spacial score (nSPS) is 24.7. The minimum atomic E-state index is -0.537. The summed E-state index contributed by atoms with van der Waals surface area (Å²) in [4.78, 5) is 25.6. The molecule has 0 aromatic rings. The largest absolute Gasteiger partial charge is 0.444 e. The molecule has 104 valence electrons. The summed E-state index contributed by atoms with van der Waals surface area (Å²) in [5, 5.41) is 2.87. The van der Waals surface area contributed by atoms with Gasteiger partial charge in [-0.3, -0.25) is 9.69 Å². The van der Waals surface area contributed by atoms with E-state index in [1.807, 2.05) is 34.6 Å². The molecular formula is C13H24N2O3. The van der Waals surface area contributed by atoms with E-state index in [1.165, 1.54) is 0 Å². The van der Waals surface area contributed by atoms with Crippen LogP contribution in [0.1, 0.15) is 47.5 Å². The summed E-state index contributed by atoms with van der Waals surface area (Å²) in [6.45, 7) is 9.87. The number of hydrogen-bond acceptors (Lipinski definition) is 3. The number of hydrogen-bond donors (Lipinski definition) is 1. The Morgan fingerprint density at radius 3 is 2.61 bits per heavy atom. The molecule has 5 nitrogen and oxygen atoms in total. The van der Waals surface area contributed by atoms with E-state index in [9.17, 15) is 9.59 Å². The highest BCUT2D eigenvalue weighted by Crippen LogP contribution is 2.18. The molecule has 0 radical (unpaired) electrons. The number of rotatable bonds is 2. The van der Waals surface area contributed by atoms with Crippen LogP contribution in [0.4, 0.5) is 4.79 Å². The van der Waals surface area contributed by atoms with Gasteiger partial charge in [-0.2, -0.15) is 0 Å². The topological polar surface area (TPSA) is 58.6 Å². The fourth-order valence-electron chi connectivity index (χ4n) is 2.03. The smallest absolute Gasteiger partial charge is 0.411 e. The molecule has 1 saturated heterocycles. The second-order valence-electron chi connectivity index (χ2n) is 5.85. The number of carbonyl (C=O) groups excluding carboxylic acids is 2. The summed E-state index contributed by atoms with van der Waals surface area (Å²) in [7, 11) is 0. The van der Waals surface area contributed by atoms with Crippen molar-refractivity contribution in [3.8, 4) is 0 Å². The molecule has 2 atom stereocenters. The van der Waals surface area contributed by atoms with E-state index in [4.69, 9.17) is 4.74 Å². The lowest BCUT2D eigenvalue weighted by molar-refractivity contribution is -0.130. The number of amides is 2. The Bertz CT molecular complexity index is 323. The second-order valence-corrected chi connectivity index (χ2v) is 5.85. The summed E-state index contributed by atoms with van der Waals surface area (Å²) in [6, 6.07) is -0.431. The molecule has 2 unspecified atom stereocenters. The summed E-state index contributed by atoms with van der Waals surface area (Å²) in [6.07, 6.45) is 1.12. The van der Waals surface area contributed by atoms with Crippen molar-refractivity contribution in [2.75, 3.05) is 6.54 Å². The standard InChI is InChI=1S/C13H24N2O3/c1-6-7-10-11(16)14-9(2)8-15(10)12(17)18-13(3,4)5/h9-10H,6-8H2,1-5H3,(H,14,16). The lowest BCUT2D eigenvalue weighted by Gasteiger charge is -2.38. The molecular weight excluding hydrogens is 232 g/mol. The zero-order valence-corrected chi connectivity index (χ0v) is 11.9. The third kappa shape index (κ3) is 3.89. The first-order chi connectivity index (χ1) is 8.24. The lowest BCUT2D eigenvalue weighted by Crippen LogP contribution is -2.61. The molecule has 0 saturated carbocycles. The molecule has 0 bridgehead atoms.